The molecule has 3 aromatic rings. The largest absolute Gasteiger partial charge is 0.378 e. The Morgan fingerprint density at radius 2 is 1.85 bits per heavy atom. The maximum atomic E-state index is 11.3. The van der Waals surface area contributed by atoms with Crippen LogP contribution in [0.25, 0.3) is 0 Å². The highest BCUT2D eigenvalue weighted by Crippen LogP contribution is 2.54. The van der Waals surface area contributed by atoms with Crippen LogP contribution in [0.5, 0.6) is 0 Å². The minimum absolute atomic E-state index is 0.107. The zero-order valence-corrected chi connectivity index (χ0v) is 15.2. The fourth-order valence-corrected chi connectivity index (χ4v) is 4.89. The van der Waals surface area contributed by atoms with Crippen LogP contribution in [0.1, 0.15) is 34.2 Å². The number of halogens is 1. The smallest absolute Gasteiger partial charge is 0.269 e. The highest BCUT2D eigenvalue weighted by molar-refractivity contribution is 6.30. The third-order valence-electron chi connectivity index (χ3n) is 5.80. The van der Waals surface area contributed by atoms with Crippen molar-refractivity contribution in [3.05, 3.63) is 104 Å². The second-order valence-corrected chi connectivity index (χ2v) is 7.69. The highest BCUT2D eigenvalue weighted by atomic mass is 35.5. The van der Waals surface area contributed by atoms with Crippen molar-refractivity contribution in [1.29, 1.82) is 0 Å². The second-order valence-electron chi connectivity index (χ2n) is 7.25. The summed E-state index contributed by atoms with van der Waals surface area (Å²) in [5.41, 5.74) is 5.86. The number of hydrogen-bond donors (Lipinski definition) is 1. The van der Waals surface area contributed by atoms with Crippen molar-refractivity contribution < 1.29 is 4.92 Å². The molecule has 2 aliphatic rings. The summed E-state index contributed by atoms with van der Waals surface area (Å²) in [6.07, 6.45) is 0.938. The number of nitrogens with zero attached hydrogens (tertiary/aromatic N) is 1. The summed E-state index contributed by atoms with van der Waals surface area (Å²) in [4.78, 5) is 11.0. The summed E-state index contributed by atoms with van der Waals surface area (Å²) >= 11 is 6.25. The summed E-state index contributed by atoms with van der Waals surface area (Å²) in [6.45, 7) is 0. The molecule has 0 spiro atoms. The molecule has 3 atom stereocenters. The topological polar surface area (TPSA) is 55.2 Å². The van der Waals surface area contributed by atoms with Crippen molar-refractivity contribution in [3.8, 4) is 0 Å². The van der Waals surface area contributed by atoms with Gasteiger partial charge in [-0.3, -0.25) is 10.1 Å². The molecule has 0 amide bonds. The number of fused-ring (bicyclic) bond motifs is 5. The van der Waals surface area contributed by atoms with Crippen molar-refractivity contribution in [3.63, 3.8) is 0 Å². The van der Waals surface area contributed by atoms with Gasteiger partial charge in [0.25, 0.3) is 5.69 Å². The van der Waals surface area contributed by atoms with Gasteiger partial charge in [0.15, 0.2) is 0 Å². The van der Waals surface area contributed by atoms with E-state index in [1.165, 1.54) is 11.1 Å². The van der Waals surface area contributed by atoms with E-state index in [0.717, 1.165) is 28.3 Å². The Balaban J connectivity index is 1.69. The molecule has 1 heterocycles. The Morgan fingerprint density at radius 1 is 1.00 bits per heavy atom. The lowest BCUT2D eigenvalue weighted by Crippen LogP contribution is -2.30. The summed E-state index contributed by atoms with van der Waals surface area (Å²) in [7, 11) is 0. The molecule has 27 heavy (non-hydrogen) atoms. The van der Waals surface area contributed by atoms with Crippen LogP contribution in [0.15, 0.2) is 66.7 Å². The monoisotopic (exact) mass is 376 g/mol. The predicted molar refractivity (Wildman–Crippen MR) is 106 cm³/mol. The minimum Gasteiger partial charge on any atom is -0.378 e. The molecule has 1 aliphatic carbocycles. The van der Waals surface area contributed by atoms with Crippen LogP contribution in [-0.2, 0) is 6.42 Å². The van der Waals surface area contributed by atoms with Crippen LogP contribution in [0.4, 0.5) is 11.4 Å². The fourth-order valence-electron chi connectivity index (χ4n) is 4.69. The van der Waals surface area contributed by atoms with Gasteiger partial charge < -0.3 is 5.32 Å². The van der Waals surface area contributed by atoms with E-state index in [4.69, 9.17) is 11.6 Å². The van der Waals surface area contributed by atoms with Gasteiger partial charge in [0.05, 0.1) is 11.0 Å². The fraction of sp³-hybridized carbons (Fsp3) is 0.182. The molecule has 134 valence electrons. The first-order valence-electron chi connectivity index (χ1n) is 9.00. The van der Waals surface area contributed by atoms with Gasteiger partial charge in [-0.15, -0.1) is 0 Å². The van der Waals surface area contributed by atoms with Gasteiger partial charge in [0.2, 0.25) is 0 Å². The van der Waals surface area contributed by atoms with Crippen molar-refractivity contribution in [2.45, 2.75) is 18.4 Å². The number of non-ortho nitro benzene ring substituents is 1. The first-order valence-corrected chi connectivity index (χ1v) is 9.38. The number of hydrogen-bond acceptors (Lipinski definition) is 3. The van der Waals surface area contributed by atoms with Crippen LogP contribution < -0.4 is 5.32 Å². The van der Waals surface area contributed by atoms with E-state index in [1.54, 1.807) is 12.1 Å². The lowest BCUT2D eigenvalue weighted by Gasteiger charge is -2.38. The summed E-state index contributed by atoms with van der Waals surface area (Å²) in [5.74, 6) is 0.428. The van der Waals surface area contributed by atoms with Crippen LogP contribution in [0.3, 0.4) is 0 Å². The molecule has 0 bridgehead atoms. The lowest BCUT2D eigenvalue weighted by atomic mass is 9.75. The third kappa shape index (κ3) is 2.60. The van der Waals surface area contributed by atoms with Gasteiger partial charge >= 0.3 is 0 Å². The first-order chi connectivity index (χ1) is 13.1. The van der Waals surface area contributed by atoms with Crippen molar-refractivity contribution in [2.75, 3.05) is 5.32 Å². The quantitative estimate of drug-likeness (QED) is 0.459. The van der Waals surface area contributed by atoms with Gasteiger partial charge in [0.1, 0.15) is 0 Å². The van der Waals surface area contributed by atoms with E-state index in [1.807, 2.05) is 24.3 Å². The predicted octanol–water partition coefficient (Wildman–Crippen LogP) is 5.72. The number of nitro groups is 1. The van der Waals surface area contributed by atoms with Crippen molar-refractivity contribution in [1.82, 2.24) is 0 Å². The van der Waals surface area contributed by atoms with E-state index < -0.39 is 0 Å². The Morgan fingerprint density at radius 3 is 2.67 bits per heavy atom. The Bertz CT molecular complexity index is 1070. The number of nitrogens with one attached hydrogen (secondary N) is 1. The van der Waals surface area contributed by atoms with E-state index in [2.05, 4.69) is 35.6 Å². The van der Waals surface area contributed by atoms with Crippen molar-refractivity contribution >= 4 is 23.0 Å². The van der Waals surface area contributed by atoms with Gasteiger partial charge in [-0.2, -0.15) is 0 Å². The SMILES string of the molecule is O=[N+]([O-])c1ccc2c(c1)[C@@H]1c3ccccc3C[C@@H]1[C@H](c1cccc(Cl)c1)N2. The molecule has 1 aliphatic heterocycles. The molecule has 0 saturated carbocycles. The Kier molecular flexibility index (Phi) is 3.69. The van der Waals surface area contributed by atoms with E-state index in [9.17, 15) is 10.1 Å². The van der Waals surface area contributed by atoms with E-state index >= 15 is 0 Å². The molecule has 0 aromatic heterocycles. The molecular weight excluding hydrogens is 360 g/mol. The molecule has 3 aromatic carbocycles. The lowest BCUT2D eigenvalue weighted by molar-refractivity contribution is -0.384. The van der Waals surface area contributed by atoms with E-state index in [-0.39, 0.29) is 28.5 Å². The van der Waals surface area contributed by atoms with Crippen LogP contribution in [0, 0.1) is 16.0 Å². The zero-order valence-electron chi connectivity index (χ0n) is 14.4. The summed E-state index contributed by atoms with van der Waals surface area (Å²) in [6, 6.07) is 21.6. The average Bonchev–Trinajstić information content (AvgIpc) is 3.06. The Labute approximate surface area is 161 Å². The number of nitro benzene ring substituents is 1. The molecule has 0 radical (unpaired) electrons. The molecule has 0 fully saturated rings. The standard InChI is InChI=1S/C22H17ClN2O2/c23-15-6-3-5-14(10-15)22-19-11-13-4-1-2-7-17(13)21(19)18-12-16(25(26)27)8-9-20(18)24-22/h1-10,12,19,21-22,24H,11H2/t19-,21-,22-/m0/s1. The molecule has 0 unspecified atom stereocenters. The average molecular weight is 377 g/mol. The number of rotatable bonds is 2. The normalized spacial score (nSPS) is 22.3. The molecule has 1 N–H and O–H groups in total. The molecule has 0 saturated heterocycles. The second kappa shape index (κ2) is 6.10. The van der Waals surface area contributed by atoms with Gasteiger partial charge in [0, 0.05) is 28.8 Å². The minimum atomic E-state index is -0.320. The first kappa shape index (κ1) is 16.3. The Hall–Kier alpha value is -2.85. The van der Waals surface area contributed by atoms with Crippen molar-refractivity contribution in [2.24, 2.45) is 5.92 Å². The van der Waals surface area contributed by atoms with Gasteiger partial charge in [-0.25, -0.2) is 0 Å². The molecule has 5 heteroatoms. The van der Waals surface area contributed by atoms with Crippen LogP contribution in [0.2, 0.25) is 5.02 Å². The third-order valence-corrected chi connectivity index (χ3v) is 6.04. The number of benzene rings is 3. The summed E-state index contributed by atoms with van der Waals surface area (Å²) in [5, 5.41) is 15.7. The highest BCUT2D eigenvalue weighted by Gasteiger charge is 2.43. The maximum absolute atomic E-state index is 11.3. The maximum Gasteiger partial charge on any atom is 0.269 e. The van der Waals surface area contributed by atoms with Gasteiger partial charge in [-0.1, -0.05) is 48.0 Å². The van der Waals surface area contributed by atoms with Crippen LogP contribution >= 0.6 is 11.6 Å². The number of anilines is 1. The van der Waals surface area contributed by atoms with E-state index in [0.29, 0.717) is 0 Å². The molecule has 4 nitrogen and oxygen atoms in total. The molecular formula is C22H17ClN2O2. The van der Waals surface area contributed by atoms with Gasteiger partial charge in [-0.05, 0) is 52.8 Å². The summed E-state index contributed by atoms with van der Waals surface area (Å²) < 4.78 is 0. The molecule has 5 rings (SSSR count). The zero-order chi connectivity index (χ0) is 18.5. The van der Waals surface area contributed by atoms with Crippen LogP contribution in [-0.4, -0.2) is 4.92 Å².